The van der Waals surface area contributed by atoms with Gasteiger partial charge in [0.05, 0.1) is 0 Å². The van der Waals surface area contributed by atoms with Crippen molar-refractivity contribution in [1.29, 1.82) is 0 Å². The summed E-state index contributed by atoms with van der Waals surface area (Å²) in [5.74, 6) is 0.731. The molecule has 0 aromatic carbocycles. The highest BCUT2D eigenvalue weighted by atomic mass is 127. The van der Waals surface area contributed by atoms with E-state index in [4.69, 9.17) is 0 Å². The summed E-state index contributed by atoms with van der Waals surface area (Å²) in [4.78, 5) is 0. The molecule has 0 spiro atoms. The smallest absolute Gasteiger partial charge is 0.0180 e. The van der Waals surface area contributed by atoms with Crippen molar-refractivity contribution in [1.82, 2.24) is 5.32 Å². The molecule has 0 amide bonds. The topological polar surface area (TPSA) is 12.0 Å². The Labute approximate surface area is 104 Å². The highest BCUT2D eigenvalue weighted by molar-refractivity contribution is 14.1. The standard InChI is InChI=1S/C11H18INS/c1-9(2)11(7-12)13-5-3-10-4-6-14-8-10/h4,6,8-9,11,13H,3,5,7H2,1-2H3. The maximum atomic E-state index is 3.60. The van der Waals surface area contributed by atoms with Crippen LogP contribution in [0.3, 0.4) is 0 Å². The molecule has 0 bridgehead atoms. The molecular weight excluding hydrogens is 305 g/mol. The van der Waals surface area contributed by atoms with Gasteiger partial charge in [0.2, 0.25) is 0 Å². The van der Waals surface area contributed by atoms with Gasteiger partial charge in [-0.1, -0.05) is 36.4 Å². The Morgan fingerprint density at radius 2 is 2.29 bits per heavy atom. The van der Waals surface area contributed by atoms with Crippen molar-refractivity contribution in [2.24, 2.45) is 5.92 Å². The van der Waals surface area contributed by atoms with Crippen LogP contribution in [0.15, 0.2) is 16.8 Å². The lowest BCUT2D eigenvalue weighted by atomic mass is 10.1. The molecule has 0 saturated carbocycles. The maximum absolute atomic E-state index is 3.60. The Bertz CT molecular complexity index is 233. The van der Waals surface area contributed by atoms with Gasteiger partial charge in [0, 0.05) is 10.5 Å². The monoisotopic (exact) mass is 323 g/mol. The van der Waals surface area contributed by atoms with Crippen LogP contribution in [0.4, 0.5) is 0 Å². The Morgan fingerprint density at radius 1 is 1.50 bits per heavy atom. The Balaban J connectivity index is 2.20. The van der Waals surface area contributed by atoms with Gasteiger partial charge in [-0.25, -0.2) is 0 Å². The van der Waals surface area contributed by atoms with Crippen LogP contribution in [0.2, 0.25) is 0 Å². The van der Waals surface area contributed by atoms with Gasteiger partial charge in [0.1, 0.15) is 0 Å². The van der Waals surface area contributed by atoms with E-state index in [1.54, 1.807) is 11.3 Å². The van der Waals surface area contributed by atoms with Crippen LogP contribution in [-0.2, 0) is 6.42 Å². The molecule has 0 aliphatic rings. The second kappa shape index (κ2) is 6.80. The number of hydrogen-bond donors (Lipinski definition) is 1. The first-order valence-corrected chi connectivity index (χ1v) is 7.51. The van der Waals surface area contributed by atoms with Gasteiger partial charge < -0.3 is 5.32 Å². The van der Waals surface area contributed by atoms with E-state index in [-0.39, 0.29) is 0 Å². The van der Waals surface area contributed by atoms with E-state index in [9.17, 15) is 0 Å². The van der Waals surface area contributed by atoms with Crippen LogP contribution in [-0.4, -0.2) is 17.0 Å². The molecule has 1 rings (SSSR count). The lowest BCUT2D eigenvalue weighted by Crippen LogP contribution is -2.36. The van der Waals surface area contributed by atoms with Gasteiger partial charge >= 0.3 is 0 Å². The van der Waals surface area contributed by atoms with Gasteiger partial charge in [-0.05, 0) is 41.3 Å². The van der Waals surface area contributed by atoms with Crippen molar-refractivity contribution in [2.75, 3.05) is 11.0 Å². The van der Waals surface area contributed by atoms with E-state index in [1.165, 1.54) is 9.99 Å². The van der Waals surface area contributed by atoms with Crippen molar-refractivity contribution >= 4 is 33.9 Å². The first-order valence-electron chi connectivity index (χ1n) is 5.04. The van der Waals surface area contributed by atoms with Crippen molar-refractivity contribution in [3.63, 3.8) is 0 Å². The second-order valence-corrected chi connectivity index (χ2v) is 5.50. The van der Waals surface area contributed by atoms with Crippen molar-refractivity contribution < 1.29 is 0 Å². The molecular formula is C11H18INS. The highest BCUT2D eigenvalue weighted by Crippen LogP contribution is 2.08. The number of nitrogens with one attached hydrogen (secondary N) is 1. The third kappa shape index (κ3) is 4.28. The molecule has 0 saturated heterocycles. The molecule has 3 heteroatoms. The molecule has 0 aliphatic heterocycles. The summed E-state index contributed by atoms with van der Waals surface area (Å²) in [7, 11) is 0. The van der Waals surface area contributed by atoms with Crippen LogP contribution >= 0.6 is 33.9 Å². The number of rotatable bonds is 6. The van der Waals surface area contributed by atoms with Crippen LogP contribution < -0.4 is 5.32 Å². The molecule has 14 heavy (non-hydrogen) atoms. The van der Waals surface area contributed by atoms with Crippen LogP contribution in [0.1, 0.15) is 19.4 Å². The zero-order valence-electron chi connectivity index (χ0n) is 8.79. The van der Waals surface area contributed by atoms with Crippen LogP contribution in [0, 0.1) is 5.92 Å². The fraction of sp³-hybridized carbons (Fsp3) is 0.636. The van der Waals surface area contributed by atoms with Crippen molar-refractivity contribution in [3.8, 4) is 0 Å². The fourth-order valence-corrected chi connectivity index (χ4v) is 3.34. The SMILES string of the molecule is CC(C)C(CI)NCCc1ccsc1. The summed E-state index contributed by atoms with van der Waals surface area (Å²) < 4.78 is 1.19. The minimum atomic E-state index is 0.661. The van der Waals surface area contributed by atoms with Crippen molar-refractivity contribution in [3.05, 3.63) is 22.4 Å². The van der Waals surface area contributed by atoms with Crippen LogP contribution in [0.25, 0.3) is 0 Å². The average molecular weight is 323 g/mol. The second-order valence-electron chi connectivity index (χ2n) is 3.84. The van der Waals surface area contributed by atoms with E-state index >= 15 is 0 Å². The molecule has 1 nitrogen and oxygen atoms in total. The molecule has 1 unspecified atom stereocenters. The molecule has 1 N–H and O–H groups in total. The Morgan fingerprint density at radius 3 is 2.79 bits per heavy atom. The lowest BCUT2D eigenvalue weighted by Gasteiger charge is -2.19. The number of alkyl halides is 1. The van der Waals surface area contributed by atoms with E-state index in [0.717, 1.165) is 18.9 Å². The molecule has 0 radical (unpaired) electrons. The van der Waals surface area contributed by atoms with Gasteiger partial charge in [0.25, 0.3) is 0 Å². The molecule has 1 atom stereocenters. The highest BCUT2D eigenvalue weighted by Gasteiger charge is 2.09. The van der Waals surface area contributed by atoms with Crippen molar-refractivity contribution in [2.45, 2.75) is 26.3 Å². The van der Waals surface area contributed by atoms with E-state index in [2.05, 4.69) is 58.6 Å². The zero-order chi connectivity index (χ0) is 10.4. The third-order valence-corrected chi connectivity index (χ3v) is 4.05. The van der Waals surface area contributed by atoms with E-state index < -0.39 is 0 Å². The Kier molecular flexibility index (Phi) is 6.05. The average Bonchev–Trinajstić information content (AvgIpc) is 2.64. The van der Waals surface area contributed by atoms with Crippen LogP contribution in [0.5, 0.6) is 0 Å². The quantitative estimate of drug-likeness (QED) is 0.625. The Hall–Kier alpha value is 0.390. The molecule has 0 aliphatic carbocycles. The van der Waals surface area contributed by atoms with Gasteiger partial charge in [-0.2, -0.15) is 11.3 Å². The third-order valence-electron chi connectivity index (χ3n) is 2.37. The summed E-state index contributed by atoms with van der Waals surface area (Å²) in [6.07, 6.45) is 1.16. The summed E-state index contributed by atoms with van der Waals surface area (Å²) >= 11 is 4.24. The molecule has 1 heterocycles. The lowest BCUT2D eigenvalue weighted by molar-refractivity contribution is 0.440. The van der Waals surface area contributed by atoms with E-state index in [0.29, 0.717) is 6.04 Å². The predicted octanol–water partition coefficient (Wildman–Crippen LogP) is 3.34. The molecule has 80 valence electrons. The summed E-state index contributed by atoms with van der Waals surface area (Å²) in [6.45, 7) is 5.66. The number of thiophene rings is 1. The minimum Gasteiger partial charge on any atom is -0.313 e. The number of halogens is 1. The predicted molar refractivity (Wildman–Crippen MR) is 73.5 cm³/mol. The summed E-state index contributed by atoms with van der Waals surface area (Å²) in [6, 6.07) is 2.87. The minimum absolute atomic E-state index is 0.661. The zero-order valence-corrected chi connectivity index (χ0v) is 11.8. The summed E-state index contributed by atoms with van der Waals surface area (Å²) in [5, 5.41) is 7.98. The van der Waals surface area contributed by atoms with Gasteiger partial charge in [0.15, 0.2) is 0 Å². The first-order chi connectivity index (χ1) is 6.74. The van der Waals surface area contributed by atoms with E-state index in [1.807, 2.05) is 0 Å². The number of hydrogen-bond acceptors (Lipinski definition) is 2. The fourth-order valence-electron chi connectivity index (χ4n) is 1.31. The molecule has 0 fully saturated rings. The van der Waals surface area contributed by atoms with Gasteiger partial charge in [-0.15, -0.1) is 0 Å². The molecule has 1 aromatic heterocycles. The first kappa shape index (κ1) is 12.5. The maximum Gasteiger partial charge on any atom is 0.0180 e. The molecule has 1 aromatic rings. The largest absolute Gasteiger partial charge is 0.313 e. The van der Waals surface area contributed by atoms with Gasteiger partial charge in [-0.3, -0.25) is 0 Å². The normalized spacial score (nSPS) is 13.4. The summed E-state index contributed by atoms with van der Waals surface area (Å²) in [5.41, 5.74) is 1.46.